The Morgan fingerprint density at radius 3 is 2.67 bits per heavy atom. The van der Waals surface area contributed by atoms with E-state index in [9.17, 15) is 18.3 Å². The number of nitrogens with one attached hydrogen (secondary N) is 1. The highest BCUT2D eigenvalue weighted by Gasteiger charge is 2.39. The molecule has 2 aliphatic rings. The number of anilines is 1. The fraction of sp³-hybridized carbons (Fsp3) is 0.619. The predicted octanol–water partition coefficient (Wildman–Crippen LogP) is 1.79. The molecule has 1 saturated carbocycles. The summed E-state index contributed by atoms with van der Waals surface area (Å²) in [4.78, 5) is 20.0. The Labute approximate surface area is 177 Å². The van der Waals surface area contributed by atoms with E-state index in [1.165, 1.54) is 0 Å². The highest BCUT2D eigenvalue weighted by molar-refractivity contribution is 7.91. The molecule has 9 heteroatoms. The van der Waals surface area contributed by atoms with Crippen molar-refractivity contribution in [3.8, 4) is 0 Å². The van der Waals surface area contributed by atoms with Gasteiger partial charge in [-0.1, -0.05) is 25.0 Å². The third kappa shape index (κ3) is 4.46. The number of nitrogens with zero attached hydrogens (tertiary/aromatic N) is 3. The Kier molecular flexibility index (Phi) is 6.02. The van der Waals surface area contributed by atoms with Gasteiger partial charge in [-0.05, 0) is 38.3 Å². The van der Waals surface area contributed by atoms with Crippen LogP contribution >= 0.6 is 0 Å². The van der Waals surface area contributed by atoms with Gasteiger partial charge in [0.25, 0.3) is 0 Å². The summed E-state index contributed by atoms with van der Waals surface area (Å²) in [5, 5.41) is 12.8. The van der Waals surface area contributed by atoms with Gasteiger partial charge in [-0.25, -0.2) is 13.4 Å². The maximum atomic E-state index is 13.5. The van der Waals surface area contributed by atoms with Crippen LogP contribution in [-0.4, -0.2) is 70.1 Å². The maximum Gasteiger partial charge on any atom is 0.243 e. The highest BCUT2D eigenvalue weighted by Crippen LogP contribution is 2.30. The van der Waals surface area contributed by atoms with Gasteiger partial charge in [0.05, 0.1) is 28.6 Å². The molecule has 4 rings (SSSR count). The van der Waals surface area contributed by atoms with Gasteiger partial charge < -0.3 is 19.9 Å². The Morgan fingerprint density at radius 2 is 2.00 bits per heavy atom. The number of aliphatic hydroxyl groups excluding tert-OH is 1. The van der Waals surface area contributed by atoms with Crippen LogP contribution in [0.1, 0.15) is 39.0 Å². The standard InChI is InChI=1S/C21H30N4O4S/c1-15(26)12-22-21-23-18-8-4-5-9-19(18)24(21)13-20(27)25(16-6-2-3-7-16)17-10-11-30(28,29)14-17/h4-5,8-9,15-17,26H,2-3,6-7,10-14H2,1H3,(H,22,23). The van der Waals surface area contributed by atoms with Crippen molar-refractivity contribution >= 4 is 32.7 Å². The van der Waals surface area contributed by atoms with E-state index in [4.69, 9.17) is 0 Å². The van der Waals surface area contributed by atoms with E-state index < -0.39 is 15.9 Å². The van der Waals surface area contributed by atoms with Gasteiger partial charge in [-0.2, -0.15) is 0 Å². The highest BCUT2D eigenvalue weighted by atomic mass is 32.2. The van der Waals surface area contributed by atoms with E-state index in [2.05, 4.69) is 10.3 Å². The van der Waals surface area contributed by atoms with E-state index in [0.717, 1.165) is 36.7 Å². The first-order chi connectivity index (χ1) is 14.3. The number of carbonyl (C=O) groups is 1. The van der Waals surface area contributed by atoms with Crippen LogP contribution in [0.4, 0.5) is 5.95 Å². The number of aliphatic hydroxyl groups is 1. The van der Waals surface area contributed by atoms with Crippen molar-refractivity contribution in [2.45, 2.75) is 63.8 Å². The third-order valence-electron chi connectivity index (χ3n) is 6.11. The SMILES string of the molecule is CC(O)CNc1nc2ccccc2n1CC(=O)N(C1CCCC1)C1CCS(=O)(=O)C1. The van der Waals surface area contributed by atoms with Crippen LogP contribution < -0.4 is 5.32 Å². The summed E-state index contributed by atoms with van der Waals surface area (Å²) in [7, 11) is -3.08. The molecule has 164 valence electrons. The predicted molar refractivity (Wildman–Crippen MR) is 116 cm³/mol. The van der Waals surface area contributed by atoms with Crippen LogP contribution in [0.25, 0.3) is 11.0 Å². The number of benzene rings is 1. The molecule has 1 aliphatic carbocycles. The minimum atomic E-state index is -3.08. The topological polar surface area (TPSA) is 105 Å². The lowest BCUT2D eigenvalue weighted by atomic mass is 10.1. The van der Waals surface area contributed by atoms with Crippen molar-refractivity contribution in [2.24, 2.45) is 0 Å². The normalized spacial score (nSPS) is 22.4. The molecular formula is C21H30N4O4S. The summed E-state index contributed by atoms with van der Waals surface area (Å²) in [5.41, 5.74) is 1.61. The van der Waals surface area contributed by atoms with Crippen LogP contribution in [0, 0.1) is 0 Å². The van der Waals surface area contributed by atoms with E-state index in [1.807, 2.05) is 33.7 Å². The van der Waals surface area contributed by atoms with Crippen molar-refractivity contribution < 1.29 is 18.3 Å². The zero-order chi connectivity index (χ0) is 21.3. The minimum Gasteiger partial charge on any atom is -0.392 e. The number of hydrogen-bond acceptors (Lipinski definition) is 6. The van der Waals surface area contributed by atoms with Gasteiger partial charge in [-0.15, -0.1) is 0 Å². The molecule has 0 spiro atoms. The van der Waals surface area contributed by atoms with Gasteiger partial charge in [0, 0.05) is 18.6 Å². The van der Waals surface area contributed by atoms with Gasteiger partial charge in [0.2, 0.25) is 11.9 Å². The minimum absolute atomic E-state index is 0.0626. The van der Waals surface area contributed by atoms with Crippen LogP contribution in [0.3, 0.4) is 0 Å². The molecular weight excluding hydrogens is 404 g/mol. The van der Waals surface area contributed by atoms with Gasteiger partial charge in [0.1, 0.15) is 6.54 Å². The zero-order valence-electron chi connectivity index (χ0n) is 17.3. The molecule has 2 heterocycles. The molecule has 8 nitrogen and oxygen atoms in total. The number of hydrogen-bond donors (Lipinski definition) is 2. The molecule has 30 heavy (non-hydrogen) atoms. The molecule has 1 aliphatic heterocycles. The fourth-order valence-electron chi connectivity index (χ4n) is 4.71. The number of aromatic nitrogens is 2. The summed E-state index contributed by atoms with van der Waals surface area (Å²) in [6, 6.07) is 7.48. The van der Waals surface area contributed by atoms with Crippen molar-refractivity contribution in [3.63, 3.8) is 0 Å². The van der Waals surface area contributed by atoms with Crippen LogP contribution in [0.15, 0.2) is 24.3 Å². The monoisotopic (exact) mass is 434 g/mol. The second-order valence-electron chi connectivity index (χ2n) is 8.54. The molecule has 2 N–H and O–H groups in total. The van der Waals surface area contributed by atoms with E-state index in [0.29, 0.717) is 18.9 Å². The third-order valence-corrected chi connectivity index (χ3v) is 7.86. The van der Waals surface area contributed by atoms with Crippen LogP contribution in [0.5, 0.6) is 0 Å². The number of carbonyl (C=O) groups excluding carboxylic acids is 1. The Hall–Kier alpha value is -2.13. The molecule has 0 radical (unpaired) electrons. The molecule has 2 aromatic rings. The van der Waals surface area contributed by atoms with Crippen molar-refractivity contribution in [1.82, 2.24) is 14.5 Å². The fourth-order valence-corrected chi connectivity index (χ4v) is 6.42. The largest absolute Gasteiger partial charge is 0.392 e. The quantitative estimate of drug-likeness (QED) is 0.688. The molecule has 1 amide bonds. The zero-order valence-corrected chi connectivity index (χ0v) is 18.1. The molecule has 1 aromatic heterocycles. The first kappa shape index (κ1) is 21.1. The molecule has 2 atom stereocenters. The number of imidazole rings is 1. The molecule has 0 bridgehead atoms. The molecule has 1 saturated heterocycles. The molecule has 2 fully saturated rings. The number of sulfone groups is 1. The van der Waals surface area contributed by atoms with E-state index in [-0.39, 0.29) is 36.0 Å². The van der Waals surface area contributed by atoms with Crippen LogP contribution in [0.2, 0.25) is 0 Å². The van der Waals surface area contributed by atoms with E-state index in [1.54, 1.807) is 6.92 Å². The maximum absolute atomic E-state index is 13.5. The average molecular weight is 435 g/mol. The summed E-state index contributed by atoms with van der Waals surface area (Å²) in [6.45, 7) is 2.11. The Balaban J connectivity index is 1.63. The summed E-state index contributed by atoms with van der Waals surface area (Å²) in [6.07, 6.45) is 3.97. The Bertz CT molecular complexity index is 1010. The number of fused-ring (bicyclic) bond motifs is 1. The average Bonchev–Trinajstić information content (AvgIpc) is 3.41. The number of rotatable bonds is 7. The lowest BCUT2D eigenvalue weighted by molar-refractivity contribution is -0.136. The van der Waals surface area contributed by atoms with Crippen molar-refractivity contribution in [2.75, 3.05) is 23.4 Å². The van der Waals surface area contributed by atoms with Crippen LogP contribution in [-0.2, 0) is 21.2 Å². The van der Waals surface area contributed by atoms with Gasteiger partial charge in [-0.3, -0.25) is 4.79 Å². The van der Waals surface area contributed by atoms with Gasteiger partial charge in [0.15, 0.2) is 9.84 Å². The first-order valence-electron chi connectivity index (χ1n) is 10.7. The molecule has 2 unspecified atom stereocenters. The first-order valence-corrected chi connectivity index (χ1v) is 12.5. The van der Waals surface area contributed by atoms with Gasteiger partial charge >= 0.3 is 0 Å². The lowest BCUT2D eigenvalue weighted by Crippen LogP contribution is -2.48. The lowest BCUT2D eigenvalue weighted by Gasteiger charge is -2.34. The molecule has 1 aromatic carbocycles. The summed E-state index contributed by atoms with van der Waals surface area (Å²) >= 11 is 0. The number of amides is 1. The second-order valence-corrected chi connectivity index (χ2v) is 10.8. The second kappa shape index (κ2) is 8.55. The van der Waals surface area contributed by atoms with E-state index >= 15 is 0 Å². The summed E-state index contributed by atoms with van der Waals surface area (Å²) in [5.74, 6) is 0.694. The smallest absolute Gasteiger partial charge is 0.243 e. The van der Waals surface area contributed by atoms with Crippen molar-refractivity contribution in [3.05, 3.63) is 24.3 Å². The Morgan fingerprint density at radius 1 is 1.27 bits per heavy atom. The summed E-state index contributed by atoms with van der Waals surface area (Å²) < 4.78 is 26.0. The number of para-hydroxylation sites is 2. The van der Waals surface area contributed by atoms with Crippen molar-refractivity contribution in [1.29, 1.82) is 0 Å².